The summed E-state index contributed by atoms with van der Waals surface area (Å²) in [4.78, 5) is 40.6. The van der Waals surface area contributed by atoms with Gasteiger partial charge in [0, 0.05) is 26.2 Å². The molecule has 0 aromatic heterocycles. The zero-order valence-electron chi connectivity index (χ0n) is 24.4. The first-order chi connectivity index (χ1) is 21.3. The molecule has 8 nitrogen and oxygen atoms in total. The molecular weight excluding hydrogens is 642 g/mol. The number of para-hydroxylation sites is 2. The molecule has 0 saturated heterocycles. The van der Waals surface area contributed by atoms with Crippen molar-refractivity contribution in [3.05, 3.63) is 118 Å². The van der Waals surface area contributed by atoms with Gasteiger partial charge in [0.25, 0.3) is 11.8 Å². The van der Waals surface area contributed by atoms with Crippen LogP contribution in [0.25, 0.3) is 6.08 Å². The first-order valence-electron chi connectivity index (χ1n) is 13.8. The predicted molar refractivity (Wildman–Crippen MR) is 179 cm³/mol. The molecule has 4 rings (SSSR count). The highest BCUT2D eigenvalue weighted by Gasteiger charge is 2.20. The Bertz CT molecular complexity index is 1660. The number of amides is 3. The molecule has 0 radical (unpaired) electrons. The number of ether oxygens (including phenoxy) is 2. The molecule has 4 aromatic rings. The lowest BCUT2D eigenvalue weighted by atomic mass is 10.1. The van der Waals surface area contributed by atoms with Gasteiger partial charge in [0.15, 0.2) is 11.5 Å². The highest BCUT2D eigenvalue weighted by Crippen LogP contribution is 2.33. The van der Waals surface area contributed by atoms with Crippen LogP contribution in [-0.4, -0.2) is 37.2 Å². The third-order valence-corrected chi connectivity index (χ3v) is 8.48. The second kappa shape index (κ2) is 15.8. The maximum Gasteiger partial charge on any atom is 0.272 e. The molecule has 1 atom stereocenters. The fraction of sp³-hybridized carbons (Fsp3) is 0.147. The normalized spacial score (nSPS) is 11.7. The highest BCUT2D eigenvalue weighted by atomic mass is 79.9. The molecule has 3 N–H and O–H groups in total. The standard InChI is InChI=1S/C34H32BrN3O5S/c1-4-30(34(41)37-27-18-9-8-17-26(27)35)44-25-16-11-15-24(21-25)36-33(40)28(38-32(39)22-12-6-5-7-13-22)20-23-14-10-19-29(42-2)31(23)43-3/h5-21,30H,4H2,1-3H3,(H,36,40)(H,37,41)(H,38,39)/b28-20+. The number of anilines is 2. The van der Waals surface area contributed by atoms with Gasteiger partial charge in [-0.05, 0) is 77.0 Å². The molecule has 0 saturated carbocycles. The molecule has 0 aliphatic heterocycles. The second-order valence-corrected chi connectivity index (χ2v) is 11.6. The van der Waals surface area contributed by atoms with Crippen molar-refractivity contribution in [1.82, 2.24) is 5.32 Å². The van der Waals surface area contributed by atoms with Crippen molar-refractivity contribution >= 4 is 62.9 Å². The van der Waals surface area contributed by atoms with Crippen LogP contribution < -0.4 is 25.4 Å². The van der Waals surface area contributed by atoms with Crippen LogP contribution in [0.15, 0.2) is 112 Å². The Hall–Kier alpha value is -4.54. The summed E-state index contributed by atoms with van der Waals surface area (Å²) >= 11 is 4.86. The average Bonchev–Trinajstić information content (AvgIpc) is 3.04. The molecule has 0 fully saturated rings. The van der Waals surface area contributed by atoms with Crippen LogP contribution >= 0.6 is 27.7 Å². The predicted octanol–water partition coefficient (Wildman–Crippen LogP) is 7.39. The molecule has 44 heavy (non-hydrogen) atoms. The van der Waals surface area contributed by atoms with Gasteiger partial charge in [-0.1, -0.05) is 55.5 Å². The Morgan fingerprint density at radius 2 is 1.59 bits per heavy atom. The third-order valence-electron chi connectivity index (χ3n) is 6.43. The molecule has 0 aliphatic rings. The van der Waals surface area contributed by atoms with E-state index in [1.165, 1.54) is 32.1 Å². The van der Waals surface area contributed by atoms with Gasteiger partial charge in [-0.3, -0.25) is 14.4 Å². The molecule has 4 aromatic carbocycles. The minimum atomic E-state index is -0.542. The second-order valence-electron chi connectivity index (χ2n) is 9.43. The van der Waals surface area contributed by atoms with Crippen LogP contribution in [0.5, 0.6) is 11.5 Å². The van der Waals surface area contributed by atoms with Gasteiger partial charge in [0.2, 0.25) is 5.91 Å². The number of methoxy groups -OCH3 is 2. The fourth-order valence-corrected chi connectivity index (χ4v) is 5.63. The van der Waals surface area contributed by atoms with E-state index in [2.05, 4.69) is 31.9 Å². The Balaban J connectivity index is 1.56. The number of hydrogen-bond donors (Lipinski definition) is 3. The summed E-state index contributed by atoms with van der Waals surface area (Å²) in [5.41, 5.74) is 2.13. The smallest absolute Gasteiger partial charge is 0.272 e. The lowest BCUT2D eigenvalue weighted by Gasteiger charge is -2.16. The van der Waals surface area contributed by atoms with Gasteiger partial charge >= 0.3 is 0 Å². The lowest BCUT2D eigenvalue weighted by Crippen LogP contribution is -2.30. The number of carbonyl (C=O) groups excluding carboxylic acids is 3. The van der Waals surface area contributed by atoms with Crippen molar-refractivity contribution in [2.24, 2.45) is 0 Å². The molecule has 0 spiro atoms. The van der Waals surface area contributed by atoms with Gasteiger partial charge in [0.1, 0.15) is 5.70 Å². The Kier molecular flexibility index (Phi) is 11.6. The van der Waals surface area contributed by atoms with Crippen LogP contribution in [0.1, 0.15) is 29.3 Å². The van der Waals surface area contributed by atoms with Crippen molar-refractivity contribution in [3.63, 3.8) is 0 Å². The van der Waals surface area contributed by atoms with Crippen LogP contribution in [0.2, 0.25) is 0 Å². The third kappa shape index (κ3) is 8.52. The summed E-state index contributed by atoms with van der Waals surface area (Å²) in [5.74, 6) is -0.215. The van der Waals surface area contributed by atoms with Crippen LogP contribution in [-0.2, 0) is 9.59 Å². The van der Waals surface area contributed by atoms with E-state index in [1.807, 2.05) is 37.3 Å². The fourth-order valence-electron chi connectivity index (χ4n) is 4.23. The summed E-state index contributed by atoms with van der Waals surface area (Å²) in [6.45, 7) is 1.95. The number of halogens is 1. The zero-order valence-corrected chi connectivity index (χ0v) is 26.8. The molecule has 226 valence electrons. The Morgan fingerprint density at radius 1 is 0.864 bits per heavy atom. The quantitative estimate of drug-likeness (QED) is 0.107. The van der Waals surface area contributed by atoms with Gasteiger partial charge in [-0.2, -0.15) is 0 Å². The van der Waals surface area contributed by atoms with E-state index < -0.39 is 11.8 Å². The Labute approximate surface area is 269 Å². The minimum absolute atomic E-state index is 0.00251. The van der Waals surface area contributed by atoms with E-state index in [0.29, 0.717) is 40.4 Å². The topological polar surface area (TPSA) is 106 Å². The number of thioether (sulfide) groups is 1. The molecule has 0 bridgehead atoms. The maximum atomic E-state index is 13.6. The summed E-state index contributed by atoms with van der Waals surface area (Å²) in [5, 5.41) is 8.23. The number of carbonyl (C=O) groups is 3. The largest absolute Gasteiger partial charge is 0.493 e. The van der Waals surface area contributed by atoms with Crippen LogP contribution in [0.3, 0.4) is 0 Å². The van der Waals surface area contributed by atoms with E-state index in [0.717, 1.165) is 9.37 Å². The van der Waals surface area contributed by atoms with Gasteiger partial charge < -0.3 is 25.4 Å². The van der Waals surface area contributed by atoms with Gasteiger partial charge in [0.05, 0.1) is 25.2 Å². The molecule has 0 heterocycles. The monoisotopic (exact) mass is 673 g/mol. The first-order valence-corrected chi connectivity index (χ1v) is 15.4. The van der Waals surface area contributed by atoms with E-state index in [4.69, 9.17) is 9.47 Å². The summed E-state index contributed by atoms with van der Waals surface area (Å²) < 4.78 is 11.7. The maximum absolute atomic E-state index is 13.6. The van der Waals surface area contributed by atoms with Crippen molar-refractivity contribution in [2.45, 2.75) is 23.5 Å². The highest BCUT2D eigenvalue weighted by molar-refractivity contribution is 9.10. The van der Waals surface area contributed by atoms with Crippen LogP contribution in [0.4, 0.5) is 11.4 Å². The number of nitrogens with one attached hydrogen (secondary N) is 3. The molecule has 3 amide bonds. The summed E-state index contributed by atoms with van der Waals surface area (Å²) in [6.07, 6.45) is 2.13. The number of rotatable bonds is 12. The van der Waals surface area contributed by atoms with Crippen molar-refractivity contribution in [1.29, 1.82) is 0 Å². The Morgan fingerprint density at radius 3 is 2.30 bits per heavy atom. The molecule has 10 heteroatoms. The van der Waals surface area contributed by atoms with E-state index >= 15 is 0 Å². The first kappa shape index (κ1) is 32.4. The van der Waals surface area contributed by atoms with E-state index in [9.17, 15) is 14.4 Å². The van der Waals surface area contributed by atoms with E-state index in [-0.39, 0.29) is 16.9 Å². The minimum Gasteiger partial charge on any atom is -0.493 e. The molecular formula is C34H32BrN3O5S. The van der Waals surface area contributed by atoms with Gasteiger partial charge in [-0.25, -0.2) is 0 Å². The SMILES string of the molecule is CCC(Sc1cccc(NC(=O)/C(=C\c2cccc(OC)c2OC)NC(=O)c2ccccc2)c1)C(=O)Nc1ccccc1Br. The van der Waals surface area contributed by atoms with Crippen molar-refractivity contribution in [3.8, 4) is 11.5 Å². The number of hydrogen-bond acceptors (Lipinski definition) is 6. The van der Waals surface area contributed by atoms with Gasteiger partial charge in [-0.15, -0.1) is 11.8 Å². The lowest BCUT2D eigenvalue weighted by molar-refractivity contribution is -0.116. The average molecular weight is 675 g/mol. The number of benzene rings is 4. The van der Waals surface area contributed by atoms with Crippen molar-refractivity contribution < 1.29 is 23.9 Å². The summed E-state index contributed by atoms with van der Waals surface area (Å²) in [6, 6.07) is 28.5. The molecule has 1 unspecified atom stereocenters. The van der Waals surface area contributed by atoms with Crippen molar-refractivity contribution in [2.75, 3.05) is 24.9 Å². The van der Waals surface area contributed by atoms with E-state index in [1.54, 1.807) is 66.7 Å². The molecule has 0 aliphatic carbocycles. The van der Waals surface area contributed by atoms with Crippen LogP contribution in [0, 0.1) is 0 Å². The zero-order chi connectivity index (χ0) is 31.5. The summed E-state index contributed by atoms with van der Waals surface area (Å²) in [7, 11) is 3.03.